The van der Waals surface area contributed by atoms with Gasteiger partial charge in [0.25, 0.3) is 5.91 Å². The van der Waals surface area contributed by atoms with Crippen molar-refractivity contribution in [1.82, 2.24) is 9.88 Å². The van der Waals surface area contributed by atoms with Crippen molar-refractivity contribution in [1.29, 1.82) is 10.5 Å². The minimum absolute atomic E-state index is 0.114. The number of nitrogens with one attached hydrogen (secondary N) is 1. The topological polar surface area (TPSA) is 81.6 Å². The Hall–Kier alpha value is -3.83. The van der Waals surface area contributed by atoms with Gasteiger partial charge in [-0.1, -0.05) is 56.2 Å². The van der Waals surface area contributed by atoms with Crippen LogP contribution in [0.2, 0.25) is 0 Å². The second-order valence-electron chi connectivity index (χ2n) is 8.51. The number of aromatic nitrogens is 1. The van der Waals surface area contributed by atoms with E-state index >= 15 is 0 Å². The van der Waals surface area contributed by atoms with E-state index in [9.17, 15) is 15.3 Å². The van der Waals surface area contributed by atoms with Crippen LogP contribution in [0.3, 0.4) is 0 Å². The standard InChI is InChI=1S/C27H26N4O/c1-19-8-2-6-12-25(19)30-27(32)22(16-29)14-23-18-31(26-13-7-5-11-24(23)26)17-21-10-4-3-9-20(21)15-28/h3-5,7,9-11,13-14,18-19,25H,2,6,8,12,17H2,1H3,(H,30,32)/b22-14+/t19-,25-/m0/s1. The van der Waals surface area contributed by atoms with Crippen LogP contribution >= 0.6 is 0 Å². The normalized spacial score (nSPS) is 18.7. The van der Waals surface area contributed by atoms with Crippen LogP contribution in [0.5, 0.6) is 0 Å². The van der Waals surface area contributed by atoms with Gasteiger partial charge in [-0.25, -0.2) is 0 Å². The van der Waals surface area contributed by atoms with Gasteiger partial charge in [-0.3, -0.25) is 4.79 Å². The van der Waals surface area contributed by atoms with Crippen LogP contribution in [0, 0.1) is 28.6 Å². The average Bonchev–Trinajstić information content (AvgIpc) is 3.16. The van der Waals surface area contributed by atoms with Gasteiger partial charge < -0.3 is 9.88 Å². The SMILES string of the molecule is C[C@H]1CCCC[C@@H]1NC(=O)/C(C#N)=C/c1cn(Cc2ccccc2C#N)c2ccccc12. The van der Waals surface area contributed by atoms with Crippen LogP contribution in [0.4, 0.5) is 0 Å². The summed E-state index contributed by atoms with van der Waals surface area (Å²) in [7, 11) is 0. The molecule has 32 heavy (non-hydrogen) atoms. The summed E-state index contributed by atoms with van der Waals surface area (Å²) in [5.74, 6) is 0.118. The molecule has 0 spiro atoms. The molecule has 1 aliphatic rings. The van der Waals surface area contributed by atoms with Gasteiger partial charge in [0.05, 0.1) is 11.6 Å². The Kier molecular flexibility index (Phi) is 6.38. The van der Waals surface area contributed by atoms with Gasteiger partial charge in [-0.15, -0.1) is 0 Å². The molecule has 0 radical (unpaired) electrons. The van der Waals surface area contributed by atoms with Crippen molar-refractivity contribution in [2.45, 2.75) is 45.2 Å². The number of nitriles is 2. The summed E-state index contributed by atoms with van der Waals surface area (Å²) >= 11 is 0. The number of carbonyl (C=O) groups excluding carboxylic acids is 1. The quantitative estimate of drug-likeness (QED) is 0.455. The molecule has 2 atom stereocenters. The monoisotopic (exact) mass is 422 g/mol. The van der Waals surface area contributed by atoms with Gasteiger partial charge in [0.2, 0.25) is 0 Å². The number of benzene rings is 2. The number of para-hydroxylation sites is 1. The van der Waals surface area contributed by atoms with Crippen molar-refractivity contribution in [3.63, 3.8) is 0 Å². The van der Waals surface area contributed by atoms with E-state index in [0.29, 0.717) is 18.0 Å². The van der Waals surface area contributed by atoms with Gasteiger partial charge in [-0.2, -0.15) is 10.5 Å². The summed E-state index contributed by atoms with van der Waals surface area (Å²) in [6.45, 7) is 2.69. The molecule has 1 amide bonds. The fourth-order valence-electron chi connectivity index (χ4n) is 4.55. The maximum atomic E-state index is 12.9. The Labute approximate surface area is 188 Å². The third-order valence-corrected chi connectivity index (χ3v) is 6.39. The molecule has 160 valence electrons. The summed E-state index contributed by atoms with van der Waals surface area (Å²) in [5, 5.41) is 23.2. The molecule has 0 bridgehead atoms. The molecular formula is C27H26N4O. The zero-order valence-corrected chi connectivity index (χ0v) is 18.2. The molecule has 1 heterocycles. The maximum Gasteiger partial charge on any atom is 0.262 e. The summed E-state index contributed by atoms with van der Waals surface area (Å²) in [4.78, 5) is 12.9. The van der Waals surface area contributed by atoms with E-state index in [-0.39, 0.29) is 17.5 Å². The van der Waals surface area contributed by atoms with Crippen LogP contribution in [0.1, 0.15) is 49.3 Å². The predicted molar refractivity (Wildman–Crippen MR) is 125 cm³/mol. The Morgan fingerprint density at radius 1 is 1.12 bits per heavy atom. The molecule has 4 rings (SSSR count). The van der Waals surface area contributed by atoms with E-state index in [4.69, 9.17) is 0 Å². The number of rotatable bonds is 5. The van der Waals surface area contributed by atoms with E-state index < -0.39 is 0 Å². The lowest BCUT2D eigenvalue weighted by Crippen LogP contribution is -2.41. The Morgan fingerprint density at radius 3 is 2.66 bits per heavy atom. The lowest BCUT2D eigenvalue weighted by atomic mass is 9.86. The van der Waals surface area contributed by atoms with E-state index in [1.165, 1.54) is 6.42 Å². The molecule has 0 aliphatic heterocycles. The first-order chi connectivity index (χ1) is 15.6. The molecule has 2 aromatic carbocycles. The summed E-state index contributed by atoms with van der Waals surface area (Å²) in [6.07, 6.45) is 8.00. The molecule has 1 aromatic heterocycles. The highest BCUT2D eigenvalue weighted by Crippen LogP contribution is 2.26. The van der Waals surface area contributed by atoms with Crippen LogP contribution in [-0.4, -0.2) is 16.5 Å². The second-order valence-corrected chi connectivity index (χ2v) is 8.51. The highest BCUT2D eigenvalue weighted by Gasteiger charge is 2.24. The van der Waals surface area contributed by atoms with Crippen molar-refractivity contribution < 1.29 is 4.79 Å². The maximum absolute atomic E-state index is 12.9. The molecule has 1 aliphatic carbocycles. The van der Waals surface area contributed by atoms with Gasteiger partial charge >= 0.3 is 0 Å². The van der Waals surface area contributed by atoms with Crippen molar-refractivity contribution in [3.05, 3.63) is 77.0 Å². The third-order valence-electron chi connectivity index (χ3n) is 6.39. The van der Waals surface area contributed by atoms with Gasteiger partial charge in [0.1, 0.15) is 11.6 Å². The number of fused-ring (bicyclic) bond motifs is 1. The minimum Gasteiger partial charge on any atom is -0.348 e. The number of hydrogen-bond donors (Lipinski definition) is 1. The van der Waals surface area contributed by atoms with Gasteiger partial charge in [0, 0.05) is 35.2 Å². The second kappa shape index (κ2) is 9.54. The largest absolute Gasteiger partial charge is 0.348 e. The average molecular weight is 423 g/mol. The zero-order valence-electron chi connectivity index (χ0n) is 18.2. The van der Waals surface area contributed by atoms with Crippen LogP contribution < -0.4 is 5.32 Å². The highest BCUT2D eigenvalue weighted by molar-refractivity contribution is 6.04. The van der Waals surface area contributed by atoms with Crippen LogP contribution in [-0.2, 0) is 11.3 Å². The Bertz CT molecular complexity index is 1250. The van der Waals surface area contributed by atoms with E-state index in [2.05, 4.69) is 28.9 Å². The Balaban J connectivity index is 1.66. The zero-order chi connectivity index (χ0) is 22.5. The molecule has 0 saturated heterocycles. The minimum atomic E-state index is -0.307. The van der Waals surface area contributed by atoms with Crippen molar-refractivity contribution in [2.75, 3.05) is 0 Å². The van der Waals surface area contributed by atoms with Crippen molar-refractivity contribution in [3.8, 4) is 12.1 Å². The van der Waals surface area contributed by atoms with E-state index in [1.807, 2.05) is 54.7 Å². The molecule has 1 fully saturated rings. The number of hydrogen-bond acceptors (Lipinski definition) is 3. The number of carbonyl (C=O) groups is 1. The molecule has 1 N–H and O–H groups in total. The fourth-order valence-corrected chi connectivity index (χ4v) is 4.55. The number of nitrogens with zero attached hydrogens (tertiary/aromatic N) is 3. The Morgan fingerprint density at radius 2 is 1.88 bits per heavy atom. The van der Waals surface area contributed by atoms with Crippen molar-refractivity contribution >= 4 is 22.9 Å². The number of amides is 1. The van der Waals surface area contributed by atoms with E-state index in [1.54, 1.807) is 6.08 Å². The summed E-state index contributed by atoms with van der Waals surface area (Å²) in [6, 6.07) is 19.9. The lowest BCUT2D eigenvalue weighted by Gasteiger charge is -2.29. The lowest BCUT2D eigenvalue weighted by molar-refractivity contribution is -0.118. The fraction of sp³-hybridized carbons (Fsp3) is 0.296. The first-order valence-electron chi connectivity index (χ1n) is 11.1. The smallest absolute Gasteiger partial charge is 0.262 e. The molecule has 0 unspecified atom stereocenters. The summed E-state index contributed by atoms with van der Waals surface area (Å²) < 4.78 is 2.06. The van der Waals surface area contributed by atoms with Crippen LogP contribution in [0.15, 0.2) is 60.3 Å². The first-order valence-corrected chi connectivity index (χ1v) is 11.1. The van der Waals surface area contributed by atoms with E-state index in [0.717, 1.165) is 41.3 Å². The highest BCUT2D eigenvalue weighted by atomic mass is 16.1. The van der Waals surface area contributed by atoms with Gasteiger partial charge in [-0.05, 0) is 42.5 Å². The van der Waals surface area contributed by atoms with Crippen LogP contribution in [0.25, 0.3) is 17.0 Å². The van der Waals surface area contributed by atoms with Crippen molar-refractivity contribution in [2.24, 2.45) is 5.92 Å². The summed E-state index contributed by atoms with van der Waals surface area (Å²) in [5.41, 5.74) is 3.49. The molecule has 5 nitrogen and oxygen atoms in total. The molecule has 1 saturated carbocycles. The third kappa shape index (κ3) is 4.43. The van der Waals surface area contributed by atoms with Gasteiger partial charge in [0.15, 0.2) is 0 Å². The first kappa shape index (κ1) is 21.4. The molecule has 5 heteroatoms. The molecular weight excluding hydrogens is 396 g/mol. The molecule has 3 aromatic rings. The predicted octanol–water partition coefficient (Wildman–Crippen LogP) is 5.16.